The molecule has 2 aromatic heterocycles. The molecule has 0 spiro atoms. The molecule has 3 heterocycles. The van der Waals surface area contributed by atoms with Gasteiger partial charge in [-0.3, -0.25) is 9.78 Å². The van der Waals surface area contributed by atoms with Crippen LogP contribution < -0.4 is 10.0 Å². The highest BCUT2D eigenvalue weighted by molar-refractivity contribution is 7.91. The molecule has 8 nitrogen and oxygen atoms in total. The standard InChI is InChI=1S/C21H18N4O4S2/c22-13-14-1-2-17(26)16(11-14)12-21(7-10-24-20(21)27)25-31(28,29)19-4-3-18(30-19)15-5-8-23-9-6-15/h1-6,8-9,11,25-26H,7,10,12H2,(H,24,27)/t21-/m1/s1. The number of aromatic hydroxyl groups is 1. The molecule has 158 valence electrons. The molecule has 10 heteroatoms. The first-order chi connectivity index (χ1) is 14.8. The smallest absolute Gasteiger partial charge is 0.251 e. The monoisotopic (exact) mass is 454 g/mol. The van der Waals surface area contributed by atoms with E-state index < -0.39 is 21.5 Å². The SMILES string of the molecule is N#Cc1ccc(O)c(C[C@]2(NS(=O)(=O)c3ccc(-c4ccncc4)s3)CCNC2=O)c1. The normalized spacial score (nSPS) is 18.5. The number of rotatable bonds is 6. The molecule has 1 aromatic carbocycles. The van der Waals surface area contributed by atoms with Crippen LogP contribution in [0.4, 0.5) is 0 Å². The Bertz CT molecular complexity index is 1280. The van der Waals surface area contributed by atoms with Crippen LogP contribution in [0, 0.1) is 11.3 Å². The molecule has 0 radical (unpaired) electrons. The number of hydrogen-bond donors (Lipinski definition) is 3. The third kappa shape index (κ3) is 4.16. The molecule has 1 aliphatic heterocycles. The number of phenols is 1. The van der Waals surface area contributed by atoms with Crippen LogP contribution >= 0.6 is 11.3 Å². The molecule has 3 N–H and O–H groups in total. The predicted octanol–water partition coefficient (Wildman–Crippen LogP) is 2.17. The Balaban J connectivity index is 1.66. The molecule has 0 bridgehead atoms. The molecule has 3 aromatic rings. The Morgan fingerprint density at radius 2 is 2.00 bits per heavy atom. The predicted molar refractivity (Wildman–Crippen MR) is 115 cm³/mol. The number of pyridine rings is 1. The van der Waals surface area contributed by atoms with E-state index in [-0.39, 0.29) is 22.8 Å². The third-order valence-electron chi connectivity index (χ3n) is 5.11. The molecule has 4 rings (SSSR count). The van der Waals surface area contributed by atoms with Crippen LogP contribution in [0.1, 0.15) is 17.5 Å². The number of sulfonamides is 1. The van der Waals surface area contributed by atoms with Crippen LogP contribution in [-0.2, 0) is 21.2 Å². The number of aromatic nitrogens is 1. The zero-order valence-corrected chi connectivity index (χ0v) is 17.8. The van der Waals surface area contributed by atoms with Gasteiger partial charge in [-0.15, -0.1) is 11.3 Å². The first kappa shape index (κ1) is 21.0. The Morgan fingerprint density at radius 3 is 2.68 bits per heavy atom. The van der Waals surface area contributed by atoms with Gasteiger partial charge in [-0.1, -0.05) is 0 Å². The van der Waals surface area contributed by atoms with Gasteiger partial charge in [0, 0.05) is 30.2 Å². The van der Waals surface area contributed by atoms with Crippen molar-refractivity contribution in [2.24, 2.45) is 0 Å². The lowest BCUT2D eigenvalue weighted by Crippen LogP contribution is -2.54. The summed E-state index contributed by atoms with van der Waals surface area (Å²) in [5.41, 5.74) is 0.00511. The first-order valence-electron chi connectivity index (χ1n) is 9.37. The topological polar surface area (TPSA) is 132 Å². The van der Waals surface area contributed by atoms with Crippen LogP contribution in [0.3, 0.4) is 0 Å². The second-order valence-corrected chi connectivity index (χ2v) is 10.2. The van der Waals surface area contributed by atoms with Crippen molar-refractivity contribution in [3.63, 3.8) is 0 Å². The zero-order chi connectivity index (χ0) is 22.1. The van der Waals surface area contributed by atoms with E-state index in [1.54, 1.807) is 30.6 Å². The molecule has 1 aliphatic rings. The minimum atomic E-state index is -4.03. The highest BCUT2D eigenvalue weighted by atomic mass is 32.2. The Hall–Kier alpha value is -3.26. The molecule has 1 amide bonds. The third-order valence-corrected chi connectivity index (χ3v) is 8.28. The number of benzene rings is 1. The molecule has 1 atom stereocenters. The quantitative estimate of drug-likeness (QED) is 0.523. The van der Waals surface area contributed by atoms with Gasteiger partial charge in [0.2, 0.25) is 5.91 Å². The number of phenolic OH excluding ortho intramolecular Hbond substituents is 1. The zero-order valence-electron chi connectivity index (χ0n) is 16.2. The fraction of sp³-hybridized carbons (Fsp3) is 0.190. The van der Waals surface area contributed by atoms with Gasteiger partial charge in [0.1, 0.15) is 15.5 Å². The Kier molecular flexibility index (Phi) is 5.49. The van der Waals surface area contributed by atoms with Crippen molar-refractivity contribution in [2.45, 2.75) is 22.6 Å². The van der Waals surface area contributed by atoms with Gasteiger partial charge in [-0.25, -0.2) is 8.42 Å². The molecule has 31 heavy (non-hydrogen) atoms. The van der Waals surface area contributed by atoms with E-state index in [2.05, 4.69) is 15.0 Å². The van der Waals surface area contributed by atoms with Gasteiger partial charge in [0.25, 0.3) is 10.0 Å². The fourth-order valence-corrected chi connectivity index (χ4v) is 6.24. The van der Waals surface area contributed by atoms with Crippen molar-refractivity contribution >= 4 is 27.3 Å². The summed E-state index contributed by atoms with van der Waals surface area (Å²) in [6.07, 6.45) is 3.38. The largest absolute Gasteiger partial charge is 0.508 e. The lowest BCUT2D eigenvalue weighted by molar-refractivity contribution is -0.124. The van der Waals surface area contributed by atoms with Gasteiger partial charge < -0.3 is 10.4 Å². The van der Waals surface area contributed by atoms with E-state index in [4.69, 9.17) is 5.26 Å². The Labute approximate surface area is 183 Å². The maximum absolute atomic E-state index is 13.2. The molecule has 1 saturated heterocycles. The van der Waals surface area contributed by atoms with Crippen molar-refractivity contribution in [1.82, 2.24) is 15.0 Å². The lowest BCUT2D eigenvalue weighted by atomic mass is 9.89. The summed E-state index contributed by atoms with van der Waals surface area (Å²) in [5.74, 6) is -0.572. The summed E-state index contributed by atoms with van der Waals surface area (Å²) in [6, 6.07) is 13.0. The minimum absolute atomic E-state index is 0.0772. The van der Waals surface area contributed by atoms with Crippen molar-refractivity contribution in [2.75, 3.05) is 6.54 Å². The molecule has 0 aliphatic carbocycles. The van der Waals surface area contributed by atoms with Crippen LogP contribution in [-0.4, -0.2) is 36.5 Å². The van der Waals surface area contributed by atoms with Gasteiger partial charge in [0.15, 0.2) is 0 Å². The van der Waals surface area contributed by atoms with E-state index in [9.17, 15) is 18.3 Å². The van der Waals surface area contributed by atoms with Crippen molar-refractivity contribution in [3.05, 3.63) is 66.0 Å². The fourth-order valence-electron chi connectivity index (χ4n) is 3.54. The molecular formula is C21H18N4O4S2. The second kappa shape index (κ2) is 8.11. The van der Waals surface area contributed by atoms with Crippen LogP contribution in [0.15, 0.2) is 59.1 Å². The highest BCUT2D eigenvalue weighted by Crippen LogP contribution is 2.33. The average Bonchev–Trinajstić information content (AvgIpc) is 3.39. The summed E-state index contributed by atoms with van der Waals surface area (Å²) in [6.45, 7) is 0.298. The summed E-state index contributed by atoms with van der Waals surface area (Å²) in [4.78, 5) is 17.4. The number of amides is 1. The number of nitrogens with zero attached hydrogens (tertiary/aromatic N) is 2. The van der Waals surface area contributed by atoms with E-state index in [1.807, 2.05) is 6.07 Å². The number of nitriles is 1. The van der Waals surface area contributed by atoms with E-state index in [0.717, 1.165) is 21.8 Å². The summed E-state index contributed by atoms with van der Waals surface area (Å²) in [7, 11) is -4.03. The average molecular weight is 455 g/mol. The number of carbonyl (C=O) groups excluding carboxylic acids is 1. The van der Waals surface area contributed by atoms with Crippen molar-refractivity contribution in [1.29, 1.82) is 5.26 Å². The molecule has 0 saturated carbocycles. The van der Waals surface area contributed by atoms with Crippen molar-refractivity contribution in [3.8, 4) is 22.3 Å². The van der Waals surface area contributed by atoms with E-state index in [1.165, 1.54) is 24.3 Å². The number of hydrogen-bond acceptors (Lipinski definition) is 7. The van der Waals surface area contributed by atoms with E-state index in [0.29, 0.717) is 17.7 Å². The minimum Gasteiger partial charge on any atom is -0.508 e. The molecule has 1 fully saturated rings. The second-order valence-electron chi connectivity index (χ2n) is 7.18. The van der Waals surface area contributed by atoms with Crippen LogP contribution in [0.2, 0.25) is 0 Å². The van der Waals surface area contributed by atoms with Crippen LogP contribution in [0.25, 0.3) is 10.4 Å². The lowest BCUT2D eigenvalue weighted by Gasteiger charge is -2.27. The number of thiophene rings is 1. The summed E-state index contributed by atoms with van der Waals surface area (Å²) < 4.78 is 29.0. The molecule has 0 unspecified atom stereocenters. The Morgan fingerprint density at radius 1 is 1.23 bits per heavy atom. The van der Waals surface area contributed by atoms with Crippen molar-refractivity contribution < 1.29 is 18.3 Å². The van der Waals surface area contributed by atoms with Gasteiger partial charge in [-0.05, 0) is 60.0 Å². The first-order valence-corrected chi connectivity index (χ1v) is 11.7. The van der Waals surface area contributed by atoms with Crippen LogP contribution in [0.5, 0.6) is 5.75 Å². The molecular weight excluding hydrogens is 436 g/mol. The maximum Gasteiger partial charge on any atom is 0.251 e. The number of carbonyl (C=O) groups is 1. The highest BCUT2D eigenvalue weighted by Gasteiger charge is 2.46. The van der Waals surface area contributed by atoms with Gasteiger partial charge in [-0.2, -0.15) is 9.98 Å². The summed E-state index contributed by atoms with van der Waals surface area (Å²) >= 11 is 1.09. The van der Waals surface area contributed by atoms with Gasteiger partial charge >= 0.3 is 0 Å². The number of nitrogens with one attached hydrogen (secondary N) is 2. The maximum atomic E-state index is 13.2. The summed E-state index contributed by atoms with van der Waals surface area (Å²) in [5, 5.41) is 22.0. The van der Waals surface area contributed by atoms with E-state index >= 15 is 0 Å². The van der Waals surface area contributed by atoms with Gasteiger partial charge in [0.05, 0.1) is 11.6 Å².